The molecule has 1 unspecified atom stereocenters. The maximum Gasteiger partial charge on any atom is 0.0931 e. The van der Waals surface area contributed by atoms with Gasteiger partial charge in [-0.15, -0.1) is 11.3 Å². The van der Waals surface area contributed by atoms with Crippen LogP contribution in [-0.2, 0) is 4.74 Å². The number of likely N-dealkylation sites (N-methyl/N-ethyl adjacent to an activating group) is 1. The molecule has 0 aliphatic carbocycles. The van der Waals surface area contributed by atoms with Crippen LogP contribution in [-0.4, -0.2) is 27.3 Å². The average molecular weight is 220 g/mol. The van der Waals surface area contributed by atoms with Gasteiger partial charge < -0.3 is 10.1 Å². The Morgan fingerprint density at radius 2 is 2.38 bits per heavy atom. The van der Waals surface area contributed by atoms with Crippen molar-refractivity contribution in [1.29, 1.82) is 0 Å². The molecule has 0 bridgehead atoms. The third kappa shape index (κ3) is 3.27. The van der Waals surface area contributed by atoms with Crippen molar-refractivity contribution in [2.75, 3.05) is 27.3 Å². The van der Waals surface area contributed by atoms with E-state index in [0.29, 0.717) is 5.92 Å². The van der Waals surface area contributed by atoms with Crippen molar-refractivity contribution in [1.82, 2.24) is 5.32 Å². The Labute approximate surface area is 87.9 Å². The molecule has 1 rings (SSSR count). The van der Waals surface area contributed by atoms with Gasteiger partial charge in [0, 0.05) is 24.4 Å². The molecule has 0 saturated carbocycles. The molecule has 1 aromatic heterocycles. The monoisotopic (exact) mass is 219 g/mol. The maximum absolute atomic E-state index is 5.86. The average Bonchev–Trinajstić information content (AvgIpc) is 2.51. The second-order valence-corrected chi connectivity index (χ2v) is 4.60. The first kappa shape index (κ1) is 11.0. The van der Waals surface area contributed by atoms with Crippen LogP contribution in [0.5, 0.6) is 0 Å². The number of methoxy groups -OCH3 is 1. The molecule has 0 aromatic carbocycles. The van der Waals surface area contributed by atoms with Crippen molar-refractivity contribution in [3.05, 3.63) is 21.3 Å². The van der Waals surface area contributed by atoms with Crippen LogP contribution in [0, 0.1) is 0 Å². The fraction of sp³-hybridized carbons (Fsp3) is 0.556. The topological polar surface area (TPSA) is 21.3 Å². The van der Waals surface area contributed by atoms with Crippen molar-refractivity contribution in [2.45, 2.75) is 5.92 Å². The van der Waals surface area contributed by atoms with Gasteiger partial charge in [-0.3, -0.25) is 0 Å². The number of rotatable bonds is 5. The van der Waals surface area contributed by atoms with Crippen LogP contribution >= 0.6 is 22.9 Å². The number of halogens is 1. The Balaban J connectivity index is 2.63. The molecule has 0 aliphatic heterocycles. The zero-order valence-electron chi connectivity index (χ0n) is 7.84. The van der Waals surface area contributed by atoms with Gasteiger partial charge in [-0.05, 0) is 19.2 Å². The molecule has 0 aliphatic rings. The lowest BCUT2D eigenvalue weighted by atomic mass is 10.1. The highest BCUT2D eigenvalue weighted by molar-refractivity contribution is 7.16. The number of thiophene rings is 1. The molecule has 1 aromatic rings. The second-order valence-electron chi connectivity index (χ2n) is 2.85. The quantitative estimate of drug-likeness (QED) is 0.821. The van der Waals surface area contributed by atoms with Crippen LogP contribution in [0.1, 0.15) is 10.8 Å². The number of hydrogen-bond donors (Lipinski definition) is 1. The summed E-state index contributed by atoms with van der Waals surface area (Å²) in [6.45, 7) is 1.66. The number of ether oxygens (including phenoxy) is 1. The fourth-order valence-electron chi connectivity index (χ4n) is 1.24. The van der Waals surface area contributed by atoms with Crippen LogP contribution in [0.25, 0.3) is 0 Å². The Hall–Kier alpha value is -0.0900. The van der Waals surface area contributed by atoms with Crippen molar-refractivity contribution >= 4 is 22.9 Å². The van der Waals surface area contributed by atoms with Gasteiger partial charge in [0.2, 0.25) is 0 Å². The Kier molecular flexibility index (Phi) is 4.73. The van der Waals surface area contributed by atoms with E-state index < -0.39 is 0 Å². The lowest BCUT2D eigenvalue weighted by Gasteiger charge is -2.13. The van der Waals surface area contributed by atoms with E-state index >= 15 is 0 Å². The minimum atomic E-state index is 0.410. The highest BCUT2D eigenvalue weighted by atomic mass is 35.5. The van der Waals surface area contributed by atoms with Crippen molar-refractivity contribution in [2.24, 2.45) is 0 Å². The van der Waals surface area contributed by atoms with Crippen LogP contribution in [0.4, 0.5) is 0 Å². The second kappa shape index (κ2) is 5.60. The summed E-state index contributed by atoms with van der Waals surface area (Å²) in [7, 11) is 3.66. The predicted molar refractivity (Wildman–Crippen MR) is 57.9 cm³/mol. The van der Waals surface area contributed by atoms with Gasteiger partial charge in [-0.25, -0.2) is 0 Å². The van der Waals surface area contributed by atoms with E-state index in [1.807, 2.05) is 13.1 Å². The maximum atomic E-state index is 5.86. The summed E-state index contributed by atoms with van der Waals surface area (Å²) < 4.78 is 5.98. The van der Waals surface area contributed by atoms with E-state index in [1.54, 1.807) is 18.4 Å². The van der Waals surface area contributed by atoms with Crippen LogP contribution in [0.3, 0.4) is 0 Å². The fourth-order valence-corrected chi connectivity index (χ4v) is 2.38. The summed E-state index contributed by atoms with van der Waals surface area (Å²) in [4.78, 5) is 1.28. The summed E-state index contributed by atoms with van der Waals surface area (Å²) in [5, 5.41) is 3.14. The smallest absolute Gasteiger partial charge is 0.0931 e. The minimum Gasteiger partial charge on any atom is -0.384 e. The molecule has 4 heteroatoms. The van der Waals surface area contributed by atoms with E-state index in [1.165, 1.54) is 4.88 Å². The normalized spacial score (nSPS) is 13.2. The summed E-state index contributed by atoms with van der Waals surface area (Å²) in [5.41, 5.74) is 0. The lowest BCUT2D eigenvalue weighted by molar-refractivity contribution is 0.179. The predicted octanol–water partition coefficient (Wildman–Crippen LogP) is 2.35. The van der Waals surface area contributed by atoms with E-state index in [0.717, 1.165) is 17.5 Å². The third-order valence-electron chi connectivity index (χ3n) is 1.81. The Morgan fingerprint density at radius 3 is 2.85 bits per heavy atom. The van der Waals surface area contributed by atoms with E-state index in [2.05, 4.69) is 11.4 Å². The molecule has 0 spiro atoms. The van der Waals surface area contributed by atoms with Gasteiger partial charge in [-0.1, -0.05) is 11.6 Å². The molecule has 0 amide bonds. The van der Waals surface area contributed by atoms with E-state index in [4.69, 9.17) is 16.3 Å². The molecular formula is C9H14ClNOS. The molecule has 0 fully saturated rings. The van der Waals surface area contributed by atoms with Gasteiger partial charge in [-0.2, -0.15) is 0 Å². The molecule has 1 heterocycles. The molecule has 13 heavy (non-hydrogen) atoms. The first-order valence-electron chi connectivity index (χ1n) is 4.16. The molecule has 2 nitrogen and oxygen atoms in total. The first-order chi connectivity index (χ1) is 6.27. The largest absolute Gasteiger partial charge is 0.384 e. The van der Waals surface area contributed by atoms with Crippen molar-refractivity contribution < 1.29 is 4.74 Å². The minimum absolute atomic E-state index is 0.410. The summed E-state index contributed by atoms with van der Waals surface area (Å²) in [6, 6.07) is 3.99. The number of hydrogen-bond acceptors (Lipinski definition) is 3. The van der Waals surface area contributed by atoms with Gasteiger partial charge >= 0.3 is 0 Å². The molecule has 0 saturated heterocycles. The number of nitrogens with one attached hydrogen (secondary N) is 1. The first-order valence-corrected chi connectivity index (χ1v) is 5.36. The summed E-state index contributed by atoms with van der Waals surface area (Å²) >= 11 is 7.48. The summed E-state index contributed by atoms with van der Waals surface area (Å²) in [5.74, 6) is 0.410. The van der Waals surface area contributed by atoms with Crippen LogP contribution in [0.2, 0.25) is 4.34 Å². The van der Waals surface area contributed by atoms with Gasteiger partial charge in [0.25, 0.3) is 0 Å². The molecule has 0 radical (unpaired) electrons. The highest BCUT2D eigenvalue weighted by Crippen LogP contribution is 2.27. The van der Waals surface area contributed by atoms with Crippen LogP contribution in [0.15, 0.2) is 12.1 Å². The highest BCUT2D eigenvalue weighted by Gasteiger charge is 2.12. The van der Waals surface area contributed by atoms with Gasteiger partial charge in [0.05, 0.1) is 10.9 Å². The molecule has 74 valence electrons. The Morgan fingerprint density at radius 1 is 1.62 bits per heavy atom. The molecule has 1 N–H and O–H groups in total. The van der Waals surface area contributed by atoms with Gasteiger partial charge in [0.15, 0.2) is 0 Å². The summed E-state index contributed by atoms with van der Waals surface area (Å²) in [6.07, 6.45) is 0. The molecular weight excluding hydrogens is 206 g/mol. The standard InChI is InChI=1S/C9H14ClNOS/c1-11-5-7(6-12-2)8-3-4-9(10)13-8/h3-4,7,11H,5-6H2,1-2H3. The van der Waals surface area contributed by atoms with Crippen molar-refractivity contribution in [3.63, 3.8) is 0 Å². The van der Waals surface area contributed by atoms with Gasteiger partial charge in [0.1, 0.15) is 0 Å². The SMILES string of the molecule is CNCC(COC)c1ccc(Cl)s1. The van der Waals surface area contributed by atoms with E-state index in [-0.39, 0.29) is 0 Å². The zero-order valence-corrected chi connectivity index (χ0v) is 9.41. The van der Waals surface area contributed by atoms with Crippen LogP contribution < -0.4 is 5.32 Å². The third-order valence-corrected chi connectivity index (χ3v) is 3.21. The lowest BCUT2D eigenvalue weighted by Crippen LogP contribution is -2.20. The van der Waals surface area contributed by atoms with E-state index in [9.17, 15) is 0 Å². The molecule has 1 atom stereocenters. The zero-order chi connectivity index (χ0) is 9.68. The Bertz CT molecular complexity index is 246. The van der Waals surface area contributed by atoms with Crippen molar-refractivity contribution in [3.8, 4) is 0 Å².